The molecule has 6 nitrogen and oxygen atoms in total. The van der Waals surface area contributed by atoms with Crippen LogP contribution in [0.4, 0.5) is 5.82 Å². The number of hydrogen-bond donors (Lipinski definition) is 1. The molecule has 1 aromatic heterocycles. The van der Waals surface area contributed by atoms with Crippen molar-refractivity contribution in [3.05, 3.63) is 59.8 Å². The molecule has 1 saturated heterocycles. The summed E-state index contributed by atoms with van der Waals surface area (Å²) in [4.78, 5) is 8.86. The number of anilines is 1. The average Bonchev–Trinajstić information content (AvgIpc) is 2.70. The number of pyridine rings is 1. The molecule has 1 fully saturated rings. The summed E-state index contributed by atoms with van der Waals surface area (Å²) in [5.41, 5.74) is 2.28. The molecule has 2 aromatic rings. The number of aromatic nitrogens is 1. The van der Waals surface area contributed by atoms with E-state index in [1.165, 1.54) is 0 Å². The normalized spacial score (nSPS) is 15.8. The fourth-order valence-corrected chi connectivity index (χ4v) is 3.07. The van der Waals surface area contributed by atoms with E-state index in [0.29, 0.717) is 17.7 Å². The summed E-state index contributed by atoms with van der Waals surface area (Å²) in [6.07, 6.45) is 2.43. The van der Waals surface area contributed by atoms with Crippen LogP contribution in [0.1, 0.15) is 17.5 Å². The zero-order chi connectivity index (χ0) is 17.5. The van der Waals surface area contributed by atoms with Crippen molar-refractivity contribution in [3.8, 4) is 6.07 Å². The number of nitrogens with zero attached hydrogens (tertiary/aromatic N) is 5. The van der Waals surface area contributed by atoms with Gasteiger partial charge < -0.3 is 10.1 Å². The second kappa shape index (κ2) is 8.27. The second-order valence-corrected chi connectivity index (χ2v) is 5.98. The van der Waals surface area contributed by atoms with Gasteiger partial charge in [-0.05, 0) is 17.7 Å². The van der Waals surface area contributed by atoms with Crippen molar-refractivity contribution in [1.82, 2.24) is 9.88 Å². The molecule has 0 spiro atoms. The monoisotopic (exact) mass is 335 g/mol. The summed E-state index contributed by atoms with van der Waals surface area (Å²) in [6, 6.07) is 15.5. The van der Waals surface area contributed by atoms with E-state index < -0.39 is 0 Å². The Balaban J connectivity index is 1.54. The Hall–Kier alpha value is -2.91. The van der Waals surface area contributed by atoms with Gasteiger partial charge in [0.1, 0.15) is 11.9 Å². The largest absolute Gasteiger partial charge is 0.411 e. The van der Waals surface area contributed by atoms with Gasteiger partial charge in [0, 0.05) is 45.3 Å². The van der Waals surface area contributed by atoms with Crippen molar-refractivity contribution < 1.29 is 5.21 Å². The van der Waals surface area contributed by atoms with Crippen molar-refractivity contribution in [1.29, 1.82) is 5.26 Å². The van der Waals surface area contributed by atoms with E-state index in [9.17, 15) is 10.5 Å². The first-order valence-corrected chi connectivity index (χ1v) is 8.40. The maximum Gasteiger partial charge on any atom is 0.146 e. The minimum absolute atomic E-state index is 0.620. The van der Waals surface area contributed by atoms with E-state index in [-0.39, 0.29) is 0 Å². The van der Waals surface area contributed by atoms with Gasteiger partial charge in [-0.1, -0.05) is 35.5 Å². The molecule has 1 aromatic carbocycles. The molecule has 0 radical (unpaired) electrons. The van der Waals surface area contributed by atoms with E-state index in [4.69, 9.17) is 0 Å². The van der Waals surface area contributed by atoms with Crippen LogP contribution in [0.15, 0.2) is 53.8 Å². The van der Waals surface area contributed by atoms with E-state index in [2.05, 4.69) is 26.0 Å². The first-order valence-electron chi connectivity index (χ1n) is 8.40. The number of benzene rings is 1. The molecule has 3 rings (SSSR count). The van der Waals surface area contributed by atoms with Crippen molar-refractivity contribution in [3.63, 3.8) is 0 Å². The molecule has 2 heterocycles. The highest BCUT2D eigenvalue weighted by atomic mass is 16.4. The van der Waals surface area contributed by atoms with Crippen LogP contribution in [-0.4, -0.2) is 53.5 Å². The van der Waals surface area contributed by atoms with E-state index >= 15 is 0 Å². The summed E-state index contributed by atoms with van der Waals surface area (Å²) >= 11 is 0. The Morgan fingerprint density at radius 2 is 1.88 bits per heavy atom. The Morgan fingerprint density at radius 3 is 2.56 bits per heavy atom. The molecule has 128 valence electrons. The smallest absolute Gasteiger partial charge is 0.146 e. The molecule has 0 aliphatic carbocycles. The van der Waals surface area contributed by atoms with Crippen molar-refractivity contribution in [2.24, 2.45) is 5.16 Å². The minimum atomic E-state index is 0.620. The van der Waals surface area contributed by atoms with Gasteiger partial charge in [0.15, 0.2) is 0 Å². The van der Waals surface area contributed by atoms with E-state index in [1.807, 2.05) is 30.3 Å². The van der Waals surface area contributed by atoms with Crippen LogP contribution in [0.2, 0.25) is 0 Å². The molecule has 0 bridgehead atoms. The highest BCUT2D eigenvalue weighted by molar-refractivity contribution is 6.00. The molecule has 0 saturated carbocycles. The number of piperazine rings is 1. The molecule has 0 atom stereocenters. The first kappa shape index (κ1) is 16.9. The Labute approximate surface area is 147 Å². The van der Waals surface area contributed by atoms with Gasteiger partial charge in [0.25, 0.3) is 0 Å². The molecular formula is C19H21N5O. The van der Waals surface area contributed by atoms with Gasteiger partial charge in [0.2, 0.25) is 0 Å². The van der Waals surface area contributed by atoms with Crippen LogP contribution in [0.3, 0.4) is 0 Å². The van der Waals surface area contributed by atoms with Crippen LogP contribution in [0.5, 0.6) is 0 Å². The topological polar surface area (TPSA) is 75.8 Å². The van der Waals surface area contributed by atoms with E-state index in [0.717, 1.165) is 44.1 Å². The van der Waals surface area contributed by atoms with E-state index in [1.54, 1.807) is 18.3 Å². The summed E-state index contributed by atoms with van der Waals surface area (Å²) in [6.45, 7) is 4.31. The van der Waals surface area contributed by atoms with Crippen LogP contribution < -0.4 is 4.90 Å². The maximum absolute atomic E-state index is 9.28. The minimum Gasteiger partial charge on any atom is -0.411 e. The lowest BCUT2D eigenvalue weighted by molar-refractivity contribution is 0.262. The summed E-state index contributed by atoms with van der Waals surface area (Å²) < 4.78 is 0. The standard InChI is InChI=1S/C19H21N5O/c20-15-17-7-4-9-21-19(17)24-13-11-23(12-14-24)10-8-18(22-25)16-5-2-1-3-6-16/h1-7,9,25H,8,10-14H2/b22-18-. The van der Waals surface area contributed by atoms with Crippen LogP contribution >= 0.6 is 0 Å². The first-order chi connectivity index (χ1) is 12.3. The van der Waals surface area contributed by atoms with Gasteiger partial charge in [0.05, 0.1) is 11.3 Å². The van der Waals surface area contributed by atoms with Crippen molar-refractivity contribution >= 4 is 11.5 Å². The van der Waals surface area contributed by atoms with Crippen molar-refractivity contribution in [2.45, 2.75) is 6.42 Å². The third kappa shape index (κ3) is 4.14. The predicted octanol–water partition coefficient (Wildman–Crippen LogP) is 2.34. The van der Waals surface area contributed by atoms with Crippen LogP contribution in [0, 0.1) is 11.3 Å². The zero-order valence-corrected chi connectivity index (χ0v) is 14.0. The molecule has 1 aliphatic rings. The lowest BCUT2D eigenvalue weighted by Crippen LogP contribution is -2.47. The quantitative estimate of drug-likeness (QED) is 0.516. The average molecular weight is 335 g/mol. The molecule has 6 heteroatoms. The van der Waals surface area contributed by atoms with Crippen LogP contribution in [-0.2, 0) is 0 Å². The third-order valence-electron chi connectivity index (χ3n) is 4.47. The summed E-state index contributed by atoms with van der Waals surface area (Å²) in [5, 5.41) is 22.0. The predicted molar refractivity (Wildman–Crippen MR) is 97.0 cm³/mol. The van der Waals surface area contributed by atoms with Crippen molar-refractivity contribution in [2.75, 3.05) is 37.6 Å². The molecule has 0 unspecified atom stereocenters. The maximum atomic E-state index is 9.28. The van der Waals surface area contributed by atoms with Gasteiger partial charge in [-0.2, -0.15) is 5.26 Å². The second-order valence-electron chi connectivity index (χ2n) is 5.98. The molecular weight excluding hydrogens is 314 g/mol. The van der Waals surface area contributed by atoms with Crippen LogP contribution in [0.25, 0.3) is 0 Å². The fraction of sp³-hybridized carbons (Fsp3) is 0.316. The number of oxime groups is 1. The number of hydrogen-bond acceptors (Lipinski definition) is 6. The number of rotatable bonds is 5. The number of nitriles is 1. The Bertz CT molecular complexity index is 761. The highest BCUT2D eigenvalue weighted by Crippen LogP contribution is 2.18. The molecule has 0 amide bonds. The Morgan fingerprint density at radius 1 is 1.12 bits per heavy atom. The SMILES string of the molecule is N#Cc1cccnc1N1CCN(CC/C(=N/O)c2ccccc2)CC1. The van der Waals surface area contributed by atoms with Gasteiger partial charge in [-0.3, -0.25) is 4.90 Å². The summed E-state index contributed by atoms with van der Waals surface area (Å²) in [5.74, 6) is 0.770. The van der Waals surface area contributed by atoms with Gasteiger partial charge in [-0.15, -0.1) is 0 Å². The fourth-order valence-electron chi connectivity index (χ4n) is 3.07. The lowest BCUT2D eigenvalue weighted by atomic mass is 10.1. The molecule has 1 N–H and O–H groups in total. The lowest BCUT2D eigenvalue weighted by Gasteiger charge is -2.35. The van der Waals surface area contributed by atoms with Gasteiger partial charge >= 0.3 is 0 Å². The molecule has 25 heavy (non-hydrogen) atoms. The summed E-state index contributed by atoms with van der Waals surface area (Å²) in [7, 11) is 0. The zero-order valence-electron chi connectivity index (χ0n) is 14.0. The third-order valence-corrected chi connectivity index (χ3v) is 4.47. The molecule has 1 aliphatic heterocycles. The Kier molecular flexibility index (Phi) is 5.60. The highest BCUT2D eigenvalue weighted by Gasteiger charge is 2.20. The van der Waals surface area contributed by atoms with Gasteiger partial charge in [-0.25, -0.2) is 4.98 Å².